The fourth-order valence-electron chi connectivity index (χ4n) is 3.64. The highest BCUT2D eigenvalue weighted by atomic mass is 16.2. The number of fused-ring (bicyclic) bond motifs is 3. The van der Waals surface area contributed by atoms with E-state index in [4.69, 9.17) is 0 Å². The normalized spacial score (nSPS) is 19.0. The first-order valence-electron chi connectivity index (χ1n) is 8.87. The standard InChI is InChI=1S/C20H18N4O2/c25-18(21-13-6-2-1-3-7-13)12-17-19(26)23(14-10-11-14)20-22-15-8-4-5-9-16(15)24(17)20/h1-9,14,17H,10-12H2,(H,21,25)/t17-/m1/s1. The Morgan fingerprint density at radius 3 is 2.58 bits per heavy atom. The number of anilines is 2. The summed E-state index contributed by atoms with van der Waals surface area (Å²) in [5, 5.41) is 2.88. The number of hydrogen-bond acceptors (Lipinski definition) is 3. The fourth-order valence-corrected chi connectivity index (χ4v) is 3.64. The average Bonchev–Trinajstić information content (AvgIpc) is 3.35. The molecule has 0 saturated heterocycles. The van der Waals surface area contributed by atoms with Crippen molar-refractivity contribution < 1.29 is 9.59 Å². The summed E-state index contributed by atoms with van der Waals surface area (Å²) in [5.74, 6) is 0.483. The van der Waals surface area contributed by atoms with Crippen LogP contribution in [-0.4, -0.2) is 27.4 Å². The van der Waals surface area contributed by atoms with Gasteiger partial charge in [0, 0.05) is 11.7 Å². The van der Waals surface area contributed by atoms with Gasteiger partial charge in [-0.25, -0.2) is 4.98 Å². The molecule has 0 bridgehead atoms. The molecule has 6 heteroatoms. The highest BCUT2D eigenvalue weighted by Crippen LogP contribution is 2.42. The minimum Gasteiger partial charge on any atom is -0.326 e. The fraction of sp³-hybridized carbons (Fsp3) is 0.250. The number of para-hydroxylation sites is 3. The summed E-state index contributed by atoms with van der Waals surface area (Å²) in [6, 6.07) is 16.8. The van der Waals surface area contributed by atoms with Crippen LogP contribution in [0.2, 0.25) is 0 Å². The predicted octanol–water partition coefficient (Wildman–Crippen LogP) is 3.12. The maximum Gasteiger partial charge on any atom is 0.253 e. The van der Waals surface area contributed by atoms with Gasteiger partial charge in [0.25, 0.3) is 5.91 Å². The molecule has 2 amide bonds. The van der Waals surface area contributed by atoms with Gasteiger partial charge in [0.15, 0.2) is 0 Å². The number of carbonyl (C=O) groups excluding carboxylic acids is 2. The molecule has 130 valence electrons. The lowest BCUT2D eigenvalue weighted by molar-refractivity contribution is -0.124. The van der Waals surface area contributed by atoms with Gasteiger partial charge in [-0.2, -0.15) is 0 Å². The summed E-state index contributed by atoms with van der Waals surface area (Å²) < 4.78 is 1.93. The van der Waals surface area contributed by atoms with Crippen LogP contribution in [0.25, 0.3) is 11.0 Å². The Morgan fingerprint density at radius 2 is 1.81 bits per heavy atom. The largest absolute Gasteiger partial charge is 0.326 e. The van der Waals surface area contributed by atoms with Crippen molar-refractivity contribution in [3.8, 4) is 0 Å². The molecule has 1 atom stereocenters. The Balaban J connectivity index is 1.49. The molecule has 2 aromatic carbocycles. The van der Waals surface area contributed by atoms with Crippen molar-refractivity contribution in [2.75, 3.05) is 10.2 Å². The van der Waals surface area contributed by atoms with Gasteiger partial charge in [-0.3, -0.25) is 19.1 Å². The van der Waals surface area contributed by atoms with Crippen molar-refractivity contribution in [1.82, 2.24) is 9.55 Å². The number of nitrogens with zero attached hydrogens (tertiary/aromatic N) is 3. The van der Waals surface area contributed by atoms with Crippen molar-refractivity contribution in [2.24, 2.45) is 0 Å². The Hall–Kier alpha value is -3.15. The third kappa shape index (κ3) is 2.37. The van der Waals surface area contributed by atoms with Crippen molar-refractivity contribution >= 4 is 34.5 Å². The van der Waals surface area contributed by atoms with Gasteiger partial charge in [0.2, 0.25) is 11.9 Å². The lowest BCUT2D eigenvalue weighted by Crippen LogP contribution is -2.33. The minimum atomic E-state index is -0.540. The molecule has 2 heterocycles. The number of amides is 2. The molecule has 1 aliphatic heterocycles. The summed E-state index contributed by atoms with van der Waals surface area (Å²) >= 11 is 0. The zero-order valence-electron chi connectivity index (χ0n) is 14.1. The molecule has 0 unspecified atom stereocenters. The van der Waals surface area contributed by atoms with E-state index in [1.807, 2.05) is 59.2 Å². The van der Waals surface area contributed by atoms with E-state index in [0.29, 0.717) is 5.95 Å². The maximum absolute atomic E-state index is 13.0. The van der Waals surface area contributed by atoms with Gasteiger partial charge in [0.1, 0.15) is 6.04 Å². The van der Waals surface area contributed by atoms with E-state index in [2.05, 4.69) is 10.3 Å². The van der Waals surface area contributed by atoms with Crippen molar-refractivity contribution in [2.45, 2.75) is 31.3 Å². The third-order valence-electron chi connectivity index (χ3n) is 4.98. The topological polar surface area (TPSA) is 67.2 Å². The molecule has 1 fully saturated rings. The monoisotopic (exact) mass is 346 g/mol. The van der Waals surface area contributed by atoms with Crippen LogP contribution in [0.3, 0.4) is 0 Å². The summed E-state index contributed by atoms with van der Waals surface area (Å²) in [6.45, 7) is 0. The summed E-state index contributed by atoms with van der Waals surface area (Å²) in [7, 11) is 0. The number of benzene rings is 2. The van der Waals surface area contributed by atoms with Crippen LogP contribution < -0.4 is 10.2 Å². The van der Waals surface area contributed by atoms with E-state index in [9.17, 15) is 9.59 Å². The molecule has 1 aromatic heterocycles. The number of imidazole rings is 1. The van der Waals surface area contributed by atoms with Crippen LogP contribution in [0.1, 0.15) is 25.3 Å². The number of aromatic nitrogens is 2. The van der Waals surface area contributed by atoms with Crippen LogP contribution in [0.4, 0.5) is 11.6 Å². The van der Waals surface area contributed by atoms with Gasteiger partial charge in [0.05, 0.1) is 17.5 Å². The molecular weight excluding hydrogens is 328 g/mol. The van der Waals surface area contributed by atoms with E-state index in [1.54, 1.807) is 4.90 Å². The SMILES string of the molecule is O=C(C[C@@H]1C(=O)N(C2CC2)c2nc3ccccc3n21)Nc1ccccc1. The Morgan fingerprint density at radius 1 is 1.08 bits per heavy atom. The number of carbonyl (C=O) groups is 2. The first-order valence-corrected chi connectivity index (χ1v) is 8.87. The molecule has 2 aliphatic rings. The number of rotatable bonds is 4. The molecule has 1 N–H and O–H groups in total. The molecule has 0 radical (unpaired) electrons. The van der Waals surface area contributed by atoms with E-state index in [0.717, 1.165) is 29.6 Å². The zero-order chi connectivity index (χ0) is 17.7. The van der Waals surface area contributed by atoms with E-state index >= 15 is 0 Å². The highest BCUT2D eigenvalue weighted by molar-refractivity contribution is 6.05. The summed E-state index contributed by atoms with van der Waals surface area (Å²) in [6.07, 6.45) is 2.10. The van der Waals surface area contributed by atoms with Gasteiger partial charge in [-0.05, 0) is 37.1 Å². The highest BCUT2D eigenvalue weighted by Gasteiger charge is 2.47. The van der Waals surface area contributed by atoms with Crippen LogP contribution >= 0.6 is 0 Å². The van der Waals surface area contributed by atoms with Crippen LogP contribution in [-0.2, 0) is 9.59 Å². The second-order valence-electron chi connectivity index (χ2n) is 6.84. The second kappa shape index (κ2) is 5.69. The van der Waals surface area contributed by atoms with Crippen molar-refractivity contribution in [3.05, 3.63) is 54.6 Å². The maximum atomic E-state index is 13.0. The summed E-state index contributed by atoms with van der Waals surface area (Å²) in [5.41, 5.74) is 2.49. The van der Waals surface area contributed by atoms with Crippen molar-refractivity contribution in [3.63, 3.8) is 0 Å². The predicted molar refractivity (Wildman–Crippen MR) is 99.0 cm³/mol. The first-order chi connectivity index (χ1) is 12.7. The molecule has 6 nitrogen and oxygen atoms in total. The molecule has 0 spiro atoms. The van der Waals surface area contributed by atoms with Gasteiger partial charge < -0.3 is 5.32 Å². The second-order valence-corrected chi connectivity index (χ2v) is 6.84. The molecule has 26 heavy (non-hydrogen) atoms. The zero-order valence-corrected chi connectivity index (χ0v) is 14.1. The molecule has 5 rings (SSSR count). The van der Waals surface area contributed by atoms with Crippen molar-refractivity contribution in [1.29, 1.82) is 0 Å². The van der Waals surface area contributed by atoms with Crippen LogP contribution in [0, 0.1) is 0 Å². The number of hydrogen-bond donors (Lipinski definition) is 1. The quantitative estimate of drug-likeness (QED) is 0.789. The Kier molecular flexibility index (Phi) is 3.31. The lowest BCUT2D eigenvalue weighted by atomic mass is 10.1. The van der Waals surface area contributed by atoms with Gasteiger partial charge in [-0.1, -0.05) is 30.3 Å². The van der Waals surface area contributed by atoms with Crippen LogP contribution in [0.5, 0.6) is 0 Å². The van der Waals surface area contributed by atoms with Gasteiger partial charge >= 0.3 is 0 Å². The van der Waals surface area contributed by atoms with Crippen LogP contribution in [0.15, 0.2) is 54.6 Å². The third-order valence-corrected chi connectivity index (χ3v) is 4.98. The minimum absolute atomic E-state index is 0.0241. The number of nitrogens with one attached hydrogen (secondary N) is 1. The molecule has 3 aromatic rings. The molecule has 1 aliphatic carbocycles. The Bertz CT molecular complexity index is 1010. The van der Waals surface area contributed by atoms with E-state index in [1.165, 1.54) is 0 Å². The smallest absolute Gasteiger partial charge is 0.253 e. The lowest BCUT2D eigenvalue weighted by Gasteiger charge is -2.15. The summed E-state index contributed by atoms with van der Waals surface area (Å²) in [4.78, 5) is 32.0. The first kappa shape index (κ1) is 15.1. The average molecular weight is 346 g/mol. The molecular formula is C20H18N4O2. The Labute approximate surface area is 150 Å². The van der Waals surface area contributed by atoms with E-state index < -0.39 is 6.04 Å². The molecule has 1 saturated carbocycles. The van der Waals surface area contributed by atoms with E-state index in [-0.39, 0.29) is 24.3 Å². The van der Waals surface area contributed by atoms with Gasteiger partial charge in [-0.15, -0.1) is 0 Å².